The maximum absolute atomic E-state index is 11.4. The van der Waals surface area contributed by atoms with Crippen LogP contribution < -0.4 is 5.32 Å². The average molecular weight is 257 g/mol. The second-order valence-corrected chi connectivity index (χ2v) is 3.73. The van der Waals surface area contributed by atoms with Crippen molar-refractivity contribution >= 4 is 23.9 Å². The highest BCUT2D eigenvalue weighted by Crippen LogP contribution is 2.01. The molecule has 0 aliphatic carbocycles. The Labute approximate surface area is 103 Å². The van der Waals surface area contributed by atoms with Gasteiger partial charge in [-0.25, -0.2) is 4.79 Å². The lowest BCUT2D eigenvalue weighted by Gasteiger charge is -2.15. The van der Waals surface area contributed by atoms with E-state index in [-0.39, 0.29) is 12.8 Å². The predicted octanol–water partition coefficient (Wildman–Crippen LogP) is -1.17. The standard InChI is InChI=1S/C10H15N3O5/c1-6(5-14)9(16)13-8(10(17)18)3-2-7(15)4-12-11/h4,6,8,14H,2-3,5H2,1H3,(H,13,16)(H,17,18)/t6-,8+/m1/s1. The van der Waals surface area contributed by atoms with Gasteiger partial charge in [-0.15, -0.1) is 0 Å². The van der Waals surface area contributed by atoms with E-state index in [1.54, 1.807) is 0 Å². The first kappa shape index (κ1) is 16.0. The van der Waals surface area contributed by atoms with E-state index < -0.39 is 36.2 Å². The fourth-order valence-corrected chi connectivity index (χ4v) is 1.07. The number of rotatable bonds is 8. The van der Waals surface area contributed by atoms with Gasteiger partial charge >= 0.3 is 12.2 Å². The largest absolute Gasteiger partial charge is 0.480 e. The van der Waals surface area contributed by atoms with Gasteiger partial charge in [-0.2, -0.15) is 4.79 Å². The SMILES string of the molecule is C[C@H](CO)C(=O)N[C@@H](CCC(=O)C=[N+]=[N-])C(=O)O. The molecule has 0 saturated heterocycles. The predicted molar refractivity (Wildman–Crippen MR) is 59.7 cm³/mol. The molecule has 0 unspecified atom stereocenters. The summed E-state index contributed by atoms with van der Waals surface area (Å²) in [5.41, 5.74) is 8.10. The first-order chi connectivity index (χ1) is 8.42. The summed E-state index contributed by atoms with van der Waals surface area (Å²) in [5, 5.41) is 19.8. The molecule has 0 radical (unpaired) electrons. The van der Waals surface area contributed by atoms with Crippen molar-refractivity contribution in [2.24, 2.45) is 5.92 Å². The molecule has 0 aliphatic rings. The highest BCUT2D eigenvalue weighted by atomic mass is 16.4. The third-order valence-electron chi connectivity index (χ3n) is 2.22. The lowest BCUT2D eigenvalue weighted by atomic mass is 10.1. The molecule has 0 heterocycles. The molecule has 0 aromatic heterocycles. The summed E-state index contributed by atoms with van der Waals surface area (Å²) >= 11 is 0. The van der Waals surface area contributed by atoms with Crippen LogP contribution in [0.4, 0.5) is 0 Å². The third-order valence-corrected chi connectivity index (χ3v) is 2.22. The number of hydrogen-bond donors (Lipinski definition) is 3. The molecule has 0 fully saturated rings. The van der Waals surface area contributed by atoms with Crippen LogP contribution in [0.3, 0.4) is 0 Å². The molecule has 100 valence electrons. The number of hydrogen-bond acceptors (Lipinski definition) is 4. The van der Waals surface area contributed by atoms with Crippen molar-refractivity contribution in [2.75, 3.05) is 6.61 Å². The molecule has 8 heteroatoms. The maximum Gasteiger partial charge on any atom is 0.326 e. The number of carbonyl (C=O) groups excluding carboxylic acids is 2. The molecule has 0 spiro atoms. The van der Waals surface area contributed by atoms with E-state index in [0.717, 1.165) is 0 Å². The lowest BCUT2D eigenvalue weighted by Crippen LogP contribution is -2.44. The highest BCUT2D eigenvalue weighted by Gasteiger charge is 2.23. The quantitative estimate of drug-likeness (QED) is 0.285. The summed E-state index contributed by atoms with van der Waals surface area (Å²) in [6.45, 7) is 1.05. The Morgan fingerprint density at radius 1 is 1.44 bits per heavy atom. The van der Waals surface area contributed by atoms with Gasteiger partial charge in [0.15, 0.2) is 0 Å². The molecule has 0 bridgehead atoms. The zero-order valence-corrected chi connectivity index (χ0v) is 9.87. The Morgan fingerprint density at radius 3 is 2.50 bits per heavy atom. The normalized spacial score (nSPS) is 13.0. The smallest absolute Gasteiger partial charge is 0.326 e. The maximum atomic E-state index is 11.4. The van der Waals surface area contributed by atoms with Crippen molar-refractivity contribution in [3.63, 3.8) is 0 Å². The van der Waals surface area contributed by atoms with Gasteiger partial charge in [0.1, 0.15) is 6.04 Å². The van der Waals surface area contributed by atoms with E-state index in [4.69, 9.17) is 15.7 Å². The number of nitrogens with one attached hydrogen (secondary N) is 1. The molecule has 0 aliphatic heterocycles. The topological polar surface area (TPSA) is 140 Å². The number of aliphatic carboxylic acids is 1. The molecule has 2 atom stereocenters. The van der Waals surface area contributed by atoms with Crippen LogP contribution in [0.15, 0.2) is 0 Å². The van der Waals surface area contributed by atoms with E-state index in [2.05, 4.69) is 10.1 Å². The number of nitrogens with zero attached hydrogens (tertiary/aromatic N) is 2. The Hall–Kier alpha value is -2.05. The van der Waals surface area contributed by atoms with Gasteiger partial charge in [0.05, 0.1) is 12.5 Å². The van der Waals surface area contributed by atoms with Gasteiger partial charge in [0.2, 0.25) is 11.7 Å². The monoisotopic (exact) mass is 257 g/mol. The Bertz CT molecular complexity index is 376. The minimum absolute atomic E-state index is 0.121. The number of carboxylic acids is 1. The van der Waals surface area contributed by atoms with Crippen molar-refractivity contribution in [3.05, 3.63) is 5.53 Å². The van der Waals surface area contributed by atoms with Crippen LogP contribution in [-0.4, -0.2) is 51.5 Å². The zero-order valence-electron chi connectivity index (χ0n) is 9.87. The van der Waals surface area contributed by atoms with Crippen molar-refractivity contribution in [2.45, 2.75) is 25.8 Å². The van der Waals surface area contributed by atoms with E-state index in [1.807, 2.05) is 0 Å². The first-order valence-electron chi connectivity index (χ1n) is 5.26. The second-order valence-electron chi connectivity index (χ2n) is 3.73. The molecule has 18 heavy (non-hydrogen) atoms. The number of aliphatic hydroxyl groups excluding tert-OH is 1. The number of carboxylic acid groups (broad SMARTS) is 1. The van der Waals surface area contributed by atoms with Gasteiger partial charge in [-0.05, 0) is 6.42 Å². The van der Waals surface area contributed by atoms with Crippen LogP contribution >= 0.6 is 0 Å². The van der Waals surface area contributed by atoms with Crippen LogP contribution in [0.1, 0.15) is 19.8 Å². The third kappa shape index (κ3) is 5.88. The second kappa shape index (κ2) is 8.10. The molecule has 8 nitrogen and oxygen atoms in total. The molecule has 3 N–H and O–H groups in total. The molecule has 0 saturated carbocycles. The fourth-order valence-electron chi connectivity index (χ4n) is 1.07. The summed E-state index contributed by atoms with van der Waals surface area (Å²) in [4.78, 5) is 35.7. The summed E-state index contributed by atoms with van der Waals surface area (Å²) in [6.07, 6.45) is 0.371. The van der Waals surface area contributed by atoms with Gasteiger partial charge in [0.25, 0.3) is 0 Å². The zero-order chi connectivity index (χ0) is 14.1. The number of amides is 1. The summed E-state index contributed by atoms with van der Waals surface area (Å²) < 4.78 is 0. The molecule has 0 aromatic rings. The van der Waals surface area contributed by atoms with Crippen LogP contribution in [0.2, 0.25) is 0 Å². The van der Waals surface area contributed by atoms with Gasteiger partial charge in [0, 0.05) is 6.42 Å². The van der Waals surface area contributed by atoms with Crippen molar-refractivity contribution < 1.29 is 29.4 Å². The summed E-state index contributed by atoms with van der Waals surface area (Å²) in [6, 6.07) is -1.22. The number of ketones is 1. The van der Waals surface area contributed by atoms with Crippen molar-refractivity contribution in [1.29, 1.82) is 0 Å². The minimum Gasteiger partial charge on any atom is -0.480 e. The molecule has 1 amide bonds. The molecule has 0 aromatic carbocycles. The van der Waals surface area contributed by atoms with Crippen LogP contribution in [-0.2, 0) is 14.4 Å². The van der Waals surface area contributed by atoms with E-state index in [9.17, 15) is 14.4 Å². The van der Waals surface area contributed by atoms with Gasteiger partial charge in [-0.3, -0.25) is 9.59 Å². The first-order valence-corrected chi connectivity index (χ1v) is 5.26. The Balaban J connectivity index is 4.41. The van der Waals surface area contributed by atoms with E-state index >= 15 is 0 Å². The van der Waals surface area contributed by atoms with Gasteiger partial charge in [-0.1, -0.05) is 6.92 Å². The van der Waals surface area contributed by atoms with Crippen molar-refractivity contribution in [1.82, 2.24) is 5.32 Å². The van der Waals surface area contributed by atoms with Gasteiger partial charge < -0.3 is 21.1 Å². The van der Waals surface area contributed by atoms with Crippen LogP contribution in [0.5, 0.6) is 0 Å². The molecule has 0 rings (SSSR count). The molecular formula is C10H15N3O5. The van der Waals surface area contributed by atoms with Crippen LogP contribution in [0, 0.1) is 5.92 Å². The average Bonchev–Trinajstić information content (AvgIpc) is 2.32. The van der Waals surface area contributed by atoms with Crippen molar-refractivity contribution in [3.8, 4) is 0 Å². The van der Waals surface area contributed by atoms with E-state index in [1.165, 1.54) is 6.92 Å². The fraction of sp³-hybridized carbons (Fsp3) is 0.600. The van der Waals surface area contributed by atoms with Crippen LogP contribution in [0.25, 0.3) is 5.53 Å². The van der Waals surface area contributed by atoms with E-state index in [0.29, 0.717) is 6.21 Å². The number of aliphatic hydroxyl groups is 1. The highest BCUT2D eigenvalue weighted by molar-refractivity contribution is 6.25. The number of carbonyl (C=O) groups is 3. The Kier molecular flexibility index (Phi) is 7.18. The lowest BCUT2D eigenvalue weighted by molar-refractivity contribution is -0.143. The minimum atomic E-state index is -1.28. The molecular weight excluding hydrogens is 242 g/mol. The Morgan fingerprint density at radius 2 is 2.06 bits per heavy atom. The summed E-state index contributed by atoms with van der Waals surface area (Å²) in [5.74, 6) is -3.15. The number of Topliss-reactive ketones (excluding diaryl/α,β-unsaturated/α-hetero) is 1. The summed E-state index contributed by atoms with van der Waals surface area (Å²) in [7, 11) is 0.